The highest BCUT2D eigenvalue weighted by molar-refractivity contribution is 9.09. The van der Waals surface area contributed by atoms with Crippen LogP contribution in [-0.2, 0) is 6.42 Å². The zero-order valence-electron chi connectivity index (χ0n) is 8.15. The molecule has 0 aliphatic rings. The maximum absolute atomic E-state index is 12.1. The van der Waals surface area contributed by atoms with E-state index in [1.54, 1.807) is 0 Å². The summed E-state index contributed by atoms with van der Waals surface area (Å²) in [7, 11) is 0. The van der Waals surface area contributed by atoms with Crippen molar-refractivity contribution in [2.24, 2.45) is 0 Å². The van der Waals surface area contributed by atoms with Crippen LogP contribution in [0.5, 0.6) is 0 Å². The summed E-state index contributed by atoms with van der Waals surface area (Å²) in [6, 6.07) is 4.40. The molecule has 0 saturated carbocycles. The van der Waals surface area contributed by atoms with Crippen LogP contribution in [0, 0.1) is 0 Å². The number of rotatable bonds is 4. The molecule has 6 heteroatoms. The molecule has 0 amide bonds. The summed E-state index contributed by atoms with van der Waals surface area (Å²) in [6.45, 7) is 0. The van der Waals surface area contributed by atoms with Crippen LogP contribution < -0.4 is 0 Å². The van der Waals surface area contributed by atoms with Crippen LogP contribution in [0.4, 0.5) is 13.2 Å². The van der Waals surface area contributed by atoms with Gasteiger partial charge in [0.1, 0.15) is 0 Å². The first-order valence-corrected chi connectivity index (χ1v) is 6.84. The normalized spacial score (nSPS) is 11.8. The van der Waals surface area contributed by atoms with E-state index in [2.05, 4.69) is 15.9 Å². The van der Waals surface area contributed by atoms with Crippen molar-refractivity contribution in [3.8, 4) is 0 Å². The predicted octanol–water partition coefficient (Wildman–Crippen LogP) is 5.28. The molecule has 0 heterocycles. The molecule has 16 heavy (non-hydrogen) atoms. The van der Waals surface area contributed by atoms with Crippen LogP contribution in [0.15, 0.2) is 23.1 Å². The standard InChI is InChI=1S/C10H9BrClF3S/c11-5-1-2-7-6-8(3-4-9(7)12)16-10(13,14)15/h3-4,6H,1-2,5H2. The highest BCUT2D eigenvalue weighted by Crippen LogP contribution is 2.38. The number of alkyl halides is 4. The van der Waals surface area contributed by atoms with Gasteiger partial charge in [0.15, 0.2) is 0 Å². The molecule has 0 bridgehead atoms. The molecule has 0 spiro atoms. The lowest BCUT2D eigenvalue weighted by atomic mass is 10.1. The third-order valence-electron chi connectivity index (χ3n) is 1.83. The number of aryl methyl sites for hydroxylation is 1. The Bertz CT molecular complexity index is 354. The van der Waals surface area contributed by atoms with Gasteiger partial charge in [-0.3, -0.25) is 0 Å². The van der Waals surface area contributed by atoms with E-state index < -0.39 is 5.51 Å². The summed E-state index contributed by atoms with van der Waals surface area (Å²) in [5.41, 5.74) is -3.49. The third kappa shape index (κ3) is 4.97. The molecule has 90 valence electrons. The Balaban J connectivity index is 2.81. The van der Waals surface area contributed by atoms with Crippen LogP contribution >= 0.6 is 39.3 Å². The molecule has 0 atom stereocenters. The van der Waals surface area contributed by atoms with Gasteiger partial charge in [0.2, 0.25) is 0 Å². The van der Waals surface area contributed by atoms with Gasteiger partial charge in [0, 0.05) is 15.2 Å². The van der Waals surface area contributed by atoms with Crippen molar-refractivity contribution in [1.82, 2.24) is 0 Å². The lowest BCUT2D eigenvalue weighted by molar-refractivity contribution is -0.0328. The summed E-state index contributed by atoms with van der Waals surface area (Å²) >= 11 is 9.05. The van der Waals surface area contributed by atoms with Gasteiger partial charge in [-0.1, -0.05) is 27.5 Å². The predicted molar refractivity (Wildman–Crippen MR) is 65.5 cm³/mol. The second-order valence-electron chi connectivity index (χ2n) is 3.09. The molecule has 0 aromatic heterocycles. The van der Waals surface area contributed by atoms with Gasteiger partial charge in [-0.25, -0.2) is 0 Å². The Kier molecular flexibility index (Phi) is 5.47. The SMILES string of the molecule is FC(F)(F)Sc1ccc(Cl)c(CCCBr)c1. The van der Waals surface area contributed by atoms with E-state index in [9.17, 15) is 13.2 Å². The molecular weight excluding hydrogens is 325 g/mol. The van der Waals surface area contributed by atoms with E-state index in [0.717, 1.165) is 17.3 Å². The zero-order chi connectivity index (χ0) is 12.2. The van der Waals surface area contributed by atoms with E-state index in [1.165, 1.54) is 18.2 Å². The Morgan fingerprint density at radius 2 is 2.00 bits per heavy atom. The van der Waals surface area contributed by atoms with Crippen LogP contribution in [0.3, 0.4) is 0 Å². The average Bonchev–Trinajstić information content (AvgIpc) is 2.17. The molecule has 0 N–H and O–H groups in total. The fraction of sp³-hybridized carbons (Fsp3) is 0.400. The first-order valence-electron chi connectivity index (χ1n) is 4.52. The van der Waals surface area contributed by atoms with Crippen molar-refractivity contribution in [2.45, 2.75) is 23.2 Å². The molecule has 0 saturated heterocycles. The topological polar surface area (TPSA) is 0 Å². The minimum atomic E-state index is -4.25. The first-order chi connectivity index (χ1) is 7.42. The number of benzene rings is 1. The van der Waals surface area contributed by atoms with Gasteiger partial charge in [-0.05, 0) is 48.4 Å². The summed E-state index contributed by atoms with van der Waals surface area (Å²) in [4.78, 5) is 0.182. The van der Waals surface area contributed by atoms with E-state index in [1.807, 2.05) is 0 Å². The quantitative estimate of drug-likeness (QED) is 0.533. The van der Waals surface area contributed by atoms with E-state index in [4.69, 9.17) is 11.6 Å². The lowest BCUT2D eigenvalue weighted by Gasteiger charge is -2.08. The van der Waals surface area contributed by atoms with Gasteiger partial charge in [-0.15, -0.1) is 0 Å². The van der Waals surface area contributed by atoms with Gasteiger partial charge in [0.25, 0.3) is 0 Å². The van der Waals surface area contributed by atoms with Crippen molar-refractivity contribution >= 4 is 39.3 Å². The van der Waals surface area contributed by atoms with E-state index >= 15 is 0 Å². The van der Waals surface area contributed by atoms with Crippen molar-refractivity contribution in [3.63, 3.8) is 0 Å². The van der Waals surface area contributed by atoms with Crippen LogP contribution in [0.2, 0.25) is 5.02 Å². The van der Waals surface area contributed by atoms with Crippen molar-refractivity contribution in [2.75, 3.05) is 5.33 Å². The second-order valence-corrected chi connectivity index (χ2v) is 5.43. The van der Waals surface area contributed by atoms with Crippen LogP contribution in [0.25, 0.3) is 0 Å². The molecule has 0 aliphatic heterocycles. The zero-order valence-corrected chi connectivity index (χ0v) is 11.3. The van der Waals surface area contributed by atoms with Crippen molar-refractivity contribution in [1.29, 1.82) is 0 Å². The van der Waals surface area contributed by atoms with E-state index in [0.29, 0.717) is 11.4 Å². The summed E-state index contributed by atoms with van der Waals surface area (Å²) in [6.07, 6.45) is 1.52. The average molecular weight is 334 g/mol. The summed E-state index contributed by atoms with van der Waals surface area (Å²) in [5, 5.41) is 1.33. The Labute approximate surface area is 110 Å². The Morgan fingerprint density at radius 1 is 1.31 bits per heavy atom. The number of halogens is 5. The molecule has 1 rings (SSSR count). The maximum Gasteiger partial charge on any atom is 0.446 e. The number of hydrogen-bond acceptors (Lipinski definition) is 1. The Morgan fingerprint density at radius 3 is 2.56 bits per heavy atom. The van der Waals surface area contributed by atoms with Crippen molar-refractivity contribution in [3.05, 3.63) is 28.8 Å². The molecular formula is C10H9BrClF3S. The van der Waals surface area contributed by atoms with Crippen LogP contribution in [-0.4, -0.2) is 10.8 Å². The maximum atomic E-state index is 12.1. The minimum absolute atomic E-state index is 0.113. The van der Waals surface area contributed by atoms with Gasteiger partial charge in [0.05, 0.1) is 0 Å². The molecule has 0 nitrogen and oxygen atoms in total. The monoisotopic (exact) mass is 332 g/mol. The fourth-order valence-electron chi connectivity index (χ4n) is 1.20. The largest absolute Gasteiger partial charge is 0.446 e. The molecule has 1 aromatic carbocycles. The molecule has 0 fully saturated rings. The smallest absolute Gasteiger partial charge is 0.160 e. The molecule has 0 unspecified atom stereocenters. The molecule has 0 radical (unpaired) electrons. The Hall–Kier alpha value is 0.130. The van der Waals surface area contributed by atoms with Gasteiger partial charge in [-0.2, -0.15) is 13.2 Å². The van der Waals surface area contributed by atoms with Crippen LogP contribution in [0.1, 0.15) is 12.0 Å². The lowest BCUT2D eigenvalue weighted by Crippen LogP contribution is -1.99. The fourth-order valence-corrected chi connectivity index (χ4v) is 2.29. The van der Waals surface area contributed by atoms with Crippen molar-refractivity contribution < 1.29 is 13.2 Å². The summed E-state index contributed by atoms with van der Waals surface area (Å²) < 4.78 is 36.4. The van der Waals surface area contributed by atoms with Gasteiger partial charge < -0.3 is 0 Å². The number of hydrogen-bond donors (Lipinski definition) is 0. The molecule has 1 aromatic rings. The third-order valence-corrected chi connectivity index (χ3v) is 3.48. The highest BCUT2D eigenvalue weighted by Gasteiger charge is 2.29. The second kappa shape index (κ2) is 6.17. The van der Waals surface area contributed by atoms with E-state index in [-0.39, 0.29) is 16.7 Å². The number of thioether (sulfide) groups is 1. The highest BCUT2D eigenvalue weighted by atomic mass is 79.9. The molecule has 0 aliphatic carbocycles. The van der Waals surface area contributed by atoms with Gasteiger partial charge >= 0.3 is 5.51 Å². The summed E-state index contributed by atoms with van der Waals surface area (Å²) in [5.74, 6) is 0. The minimum Gasteiger partial charge on any atom is -0.160 e. The first kappa shape index (κ1) is 14.2.